The molecule has 9 nitrogen and oxygen atoms in total. The topological polar surface area (TPSA) is 120 Å². The van der Waals surface area contributed by atoms with E-state index in [0.29, 0.717) is 61.7 Å². The standard InChI is InChI=1S/C25H30F3N7O2/c1-13-12-37-7-6-19(13)31-24-30-11-20-23(34-24)35(16-4-2-14(3-5-16)8-21(29)36)25(32-20)33-22-17(27)9-15(26)10-18(22)28/h9-11,13-14,16,19H,2-8,12H2,1H3,(H2,29,36)(H,32,33)(H,30,31,34)/t13-,14?,16?,19+/m1/s1. The van der Waals surface area contributed by atoms with E-state index in [1.807, 2.05) is 4.57 Å². The van der Waals surface area contributed by atoms with Gasteiger partial charge in [0.25, 0.3) is 0 Å². The first-order valence-electron chi connectivity index (χ1n) is 12.6. The summed E-state index contributed by atoms with van der Waals surface area (Å²) in [6.07, 6.45) is 5.66. The summed E-state index contributed by atoms with van der Waals surface area (Å²) in [5.41, 5.74) is 5.86. The molecule has 2 aromatic heterocycles. The van der Waals surface area contributed by atoms with Gasteiger partial charge in [0.1, 0.15) is 17.0 Å². The Morgan fingerprint density at radius 3 is 2.54 bits per heavy atom. The van der Waals surface area contributed by atoms with Gasteiger partial charge in [-0.1, -0.05) is 6.92 Å². The largest absolute Gasteiger partial charge is 0.381 e. The van der Waals surface area contributed by atoms with Crippen molar-refractivity contribution in [1.29, 1.82) is 0 Å². The smallest absolute Gasteiger partial charge is 0.224 e. The number of imidazole rings is 1. The number of carbonyl (C=O) groups is 1. The minimum Gasteiger partial charge on any atom is -0.381 e. The van der Waals surface area contributed by atoms with E-state index in [0.717, 1.165) is 19.3 Å². The monoisotopic (exact) mass is 517 g/mol. The Bertz CT molecular complexity index is 1270. The summed E-state index contributed by atoms with van der Waals surface area (Å²) in [6, 6.07) is 1.29. The van der Waals surface area contributed by atoms with Crippen LogP contribution in [0.15, 0.2) is 18.3 Å². The Kier molecular flexibility index (Phi) is 7.18. The third-order valence-corrected chi connectivity index (χ3v) is 7.30. The molecule has 3 heterocycles. The number of hydrogen-bond donors (Lipinski definition) is 3. The molecule has 1 aliphatic heterocycles. The van der Waals surface area contributed by atoms with Crippen LogP contribution in [-0.4, -0.2) is 44.7 Å². The van der Waals surface area contributed by atoms with E-state index in [9.17, 15) is 18.0 Å². The SMILES string of the molecule is C[C@@H]1COCC[C@@H]1Nc1ncc2nc(Nc3c(F)cc(F)cc3F)n(C3CCC(CC(N)=O)CC3)c2n1. The fourth-order valence-electron chi connectivity index (χ4n) is 5.32. The maximum Gasteiger partial charge on any atom is 0.224 e. The Labute approximate surface area is 212 Å². The second-order valence-corrected chi connectivity index (χ2v) is 10.0. The first kappa shape index (κ1) is 25.2. The van der Waals surface area contributed by atoms with Gasteiger partial charge >= 0.3 is 0 Å². The molecule has 1 saturated heterocycles. The van der Waals surface area contributed by atoms with Crippen molar-refractivity contribution in [3.63, 3.8) is 0 Å². The van der Waals surface area contributed by atoms with Crippen molar-refractivity contribution in [3.8, 4) is 0 Å². The number of carbonyl (C=O) groups excluding carboxylic acids is 1. The van der Waals surface area contributed by atoms with E-state index >= 15 is 0 Å². The molecule has 1 aliphatic carbocycles. The van der Waals surface area contributed by atoms with Crippen molar-refractivity contribution in [2.24, 2.45) is 17.6 Å². The quantitative estimate of drug-likeness (QED) is 0.424. The average molecular weight is 518 g/mol. The number of nitrogens with one attached hydrogen (secondary N) is 2. The summed E-state index contributed by atoms with van der Waals surface area (Å²) in [6.45, 7) is 3.40. The summed E-state index contributed by atoms with van der Waals surface area (Å²) < 4.78 is 49.8. The Balaban J connectivity index is 1.50. The third kappa shape index (κ3) is 5.48. The molecule has 12 heteroatoms. The van der Waals surface area contributed by atoms with Crippen molar-refractivity contribution in [2.45, 2.75) is 57.5 Å². The van der Waals surface area contributed by atoms with Gasteiger partial charge in [-0.3, -0.25) is 9.36 Å². The van der Waals surface area contributed by atoms with E-state index in [1.165, 1.54) is 0 Å². The lowest BCUT2D eigenvalue weighted by molar-refractivity contribution is -0.119. The van der Waals surface area contributed by atoms with Crippen LogP contribution in [0.2, 0.25) is 0 Å². The van der Waals surface area contributed by atoms with E-state index in [1.54, 1.807) is 6.20 Å². The van der Waals surface area contributed by atoms with Crippen LogP contribution in [0.25, 0.3) is 11.2 Å². The molecular weight excluding hydrogens is 487 g/mol. The number of benzene rings is 1. The molecule has 37 heavy (non-hydrogen) atoms. The molecule has 0 radical (unpaired) electrons. The fraction of sp³-hybridized carbons (Fsp3) is 0.520. The molecule has 2 atom stereocenters. The van der Waals surface area contributed by atoms with Crippen molar-refractivity contribution < 1.29 is 22.7 Å². The summed E-state index contributed by atoms with van der Waals surface area (Å²) in [5.74, 6) is -2.39. The maximum absolute atomic E-state index is 14.5. The van der Waals surface area contributed by atoms with Gasteiger partial charge in [-0.25, -0.2) is 23.1 Å². The van der Waals surface area contributed by atoms with Crippen molar-refractivity contribution in [2.75, 3.05) is 23.8 Å². The molecule has 2 fully saturated rings. The average Bonchev–Trinajstić information content (AvgIpc) is 3.20. The second-order valence-electron chi connectivity index (χ2n) is 10.0. The molecule has 0 spiro atoms. The number of primary amides is 1. The van der Waals surface area contributed by atoms with Crippen molar-refractivity contribution in [3.05, 3.63) is 35.8 Å². The number of aromatic nitrogens is 4. The highest BCUT2D eigenvalue weighted by molar-refractivity contribution is 5.77. The zero-order valence-electron chi connectivity index (χ0n) is 20.5. The Morgan fingerprint density at radius 2 is 1.86 bits per heavy atom. The molecule has 0 bridgehead atoms. The molecule has 1 amide bonds. The van der Waals surface area contributed by atoms with E-state index in [-0.39, 0.29) is 35.8 Å². The minimum absolute atomic E-state index is 0.0899. The lowest BCUT2D eigenvalue weighted by Gasteiger charge is -2.30. The number of rotatable bonds is 7. The number of fused-ring (bicyclic) bond motifs is 1. The lowest BCUT2D eigenvalue weighted by Crippen LogP contribution is -2.36. The number of halogens is 3. The third-order valence-electron chi connectivity index (χ3n) is 7.30. The summed E-state index contributed by atoms with van der Waals surface area (Å²) >= 11 is 0. The molecule has 4 N–H and O–H groups in total. The zero-order chi connectivity index (χ0) is 26.1. The van der Waals surface area contributed by atoms with Crippen molar-refractivity contribution in [1.82, 2.24) is 19.5 Å². The predicted octanol–water partition coefficient (Wildman–Crippen LogP) is 4.43. The molecule has 2 aliphatic rings. The highest BCUT2D eigenvalue weighted by Crippen LogP contribution is 2.38. The van der Waals surface area contributed by atoms with Crippen molar-refractivity contribution >= 4 is 34.7 Å². The van der Waals surface area contributed by atoms with Gasteiger partial charge in [0.2, 0.25) is 17.8 Å². The number of ether oxygens (including phenoxy) is 1. The summed E-state index contributed by atoms with van der Waals surface area (Å²) in [7, 11) is 0. The first-order valence-corrected chi connectivity index (χ1v) is 12.6. The number of nitrogens with zero attached hydrogens (tertiary/aromatic N) is 4. The van der Waals surface area contributed by atoms with Crippen LogP contribution in [0.5, 0.6) is 0 Å². The van der Waals surface area contributed by atoms with Gasteiger partial charge < -0.3 is 21.1 Å². The molecule has 1 aromatic carbocycles. The highest BCUT2D eigenvalue weighted by Gasteiger charge is 2.29. The molecule has 1 saturated carbocycles. The molecule has 3 aromatic rings. The normalized spacial score (nSPS) is 24.2. The summed E-state index contributed by atoms with van der Waals surface area (Å²) in [5, 5.41) is 6.12. The summed E-state index contributed by atoms with van der Waals surface area (Å²) in [4.78, 5) is 25.1. The van der Waals surface area contributed by atoms with Gasteiger partial charge in [0, 0.05) is 37.2 Å². The van der Waals surface area contributed by atoms with Gasteiger partial charge in [0.15, 0.2) is 17.3 Å². The number of amides is 1. The van der Waals surface area contributed by atoms with Crippen LogP contribution < -0.4 is 16.4 Å². The fourth-order valence-corrected chi connectivity index (χ4v) is 5.32. The number of hydrogen-bond acceptors (Lipinski definition) is 7. The van der Waals surface area contributed by atoms with Gasteiger partial charge in [-0.2, -0.15) is 4.98 Å². The van der Waals surface area contributed by atoms with Crippen LogP contribution in [0.1, 0.15) is 51.5 Å². The van der Waals surface area contributed by atoms with Gasteiger partial charge in [-0.05, 0) is 43.9 Å². The highest BCUT2D eigenvalue weighted by atomic mass is 19.1. The van der Waals surface area contributed by atoms with Crippen LogP contribution in [0.3, 0.4) is 0 Å². The zero-order valence-corrected chi connectivity index (χ0v) is 20.5. The molecular formula is C25H30F3N7O2. The van der Waals surface area contributed by atoms with Crippen LogP contribution in [0.4, 0.5) is 30.8 Å². The Morgan fingerprint density at radius 1 is 1.14 bits per heavy atom. The van der Waals surface area contributed by atoms with E-state index in [4.69, 9.17) is 15.5 Å². The minimum atomic E-state index is -1.07. The van der Waals surface area contributed by atoms with Crippen LogP contribution >= 0.6 is 0 Å². The van der Waals surface area contributed by atoms with E-state index < -0.39 is 23.1 Å². The predicted molar refractivity (Wildman–Crippen MR) is 132 cm³/mol. The van der Waals surface area contributed by atoms with E-state index in [2.05, 4.69) is 27.5 Å². The first-order chi connectivity index (χ1) is 17.8. The van der Waals surface area contributed by atoms with Gasteiger partial charge in [0.05, 0.1) is 12.8 Å². The van der Waals surface area contributed by atoms with Crippen LogP contribution in [0, 0.1) is 29.3 Å². The van der Waals surface area contributed by atoms with Gasteiger partial charge in [-0.15, -0.1) is 0 Å². The maximum atomic E-state index is 14.5. The number of anilines is 3. The molecule has 198 valence electrons. The van der Waals surface area contributed by atoms with Crippen LogP contribution in [-0.2, 0) is 9.53 Å². The molecule has 0 unspecified atom stereocenters. The number of nitrogens with two attached hydrogens (primary N) is 1. The second kappa shape index (κ2) is 10.5. The Hall–Kier alpha value is -3.41. The lowest BCUT2D eigenvalue weighted by atomic mass is 9.84. The molecule has 5 rings (SSSR count).